The summed E-state index contributed by atoms with van der Waals surface area (Å²) in [5, 5.41) is 0. The maximum Gasteiger partial charge on any atom is 0.281 e. The van der Waals surface area contributed by atoms with Gasteiger partial charge in [-0.25, -0.2) is 9.97 Å². The predicted octanol–water partition coefficient (Wildman–Crippen LogP) is 1.47. The van der Waals surface area contributed by atoms with Crippen LogP contribution in [0.4, 0.5) is 0 Å². The van der Waals surface area contributed by atoms with Crippen molar-refractivity contribution in [3.63, 3.8) is 0 Å². The Labute approximate surface area is 127 Å². The maximum absolute atomic E-state index is 12.5. The maximum atomic E-state index is 12.5. The van der Waals surface area contributed by atoms with Crippen molar-refractivity contribution in [2.45, 2.75) is 40.0 Å². The number of aromatic nitrogens is 2. The lowest BCUT2D eigenvalue weighted by Crippen LogP contribution is -2.42. The molecule has 6 nitrogen and oxygen atoms in total. The van der Waals surface area contributed by atoms with Gasteiger partial charge in [-0.3, -0.25) is 0 Å². The Bertz CT molecular complexity index is 579. The van der Waals surface area contributed by atoms with Crippen molar-refractivity contribution in [2.75, 3.05) is 26.2 Å². The Morgan fingerprint density at radius 2 is 1.81 bits per heavy atom. The standard InChI is InChI=1S/C14H24N4O2S/c1-5-17(6-2)21(19,20)18-8-7-13(10-18)14-15-11(3)9-12(4)16-14/h9,13H,5-8,10H2,1-4H3/t13-/m0/s1. The van der Waals surface area contributed by atoms with E-state index in [-0.39, 0.29) is 5.92 Å². The van der Waals surface area contributed by atoms with E-state index in [0.717, 1.165) is 23.6 Å². The Morgan fingerprint density at radius 3 is 2.33 bits per heavy atom. The van der Waals surface area contributed by atoms with Crippen LogP contribution in [-0.2, 0) is 10.2 Å². The molecule has 7 heteroatoms. The third kappa shape index (κ3) is 3.41. The third-order valence-electron chi connectivity index (χ3n) is 3.87. The summed E-state index contributed by atoms with van der Waals surface area (Å²) < 4.78 is 28.1. The van der Waals surface area contributed by atoms with E-state index in [0.29, 0.717) is 26.2 Å². The zero-order chi connectivity index (χ0) is 15.6. The first-order chi connectivity index (χ1) is 9.88. The first-order valence-corrected chi connectivity index (χ1v) is 8.85. The van der Waals surface area contributed by atoms with Crippen LogP contribution in [0.15, 0.2) is 6.07 Å². The Hall–Kier alpha value is -1.05. The second-order valence-corrected chi connectivity index (χ2v) is 7.37. The summed E-state index contributed by atoms with van der Waals surface area (Å²) in [5.74, 6) is 0.860. The molecule has 2 rings (SSSR count). The third-order valence-corrected chi connectivity index (χ3v) is 6.03. The van der Waals surface area contributed by atoms with Crippen LogP contribution >= 0.6 is 0 Å². The van der Waals surface area contributed by atoms with Crippen molar-refractivity contribution in [1.82, 2.24) is 18.6 Å². The van der Waals surface area contributed by atoms with Gasteiger partial charge in [0.05, 0.1) is 0 Å². The molecule has 1 fully saturated rings. The highest BCUT2D eigenvalue weighted by Crippen LogP contribution is 2.28. The molecular weight excluding hydrogens is 288 g/mol. The molecule has 1 aromatic heterocycles. The zero-order valence-corrected chi connectivity index (χ0v) is 14.0. The van der Waals surface area contributed by atoms with Crippen LogP contribution in [0.1, 0.15) is 43.4 Å². The SMILES string of the molecule is CCN(CC)S(=O)(=O)N1CC[C@H](c2nc(C)cc(C)n2)C1. The highest BCUT2D eigenvalue weighted by Gasteiger charge is 2.36. The highest BCUT2D eigenvalue weighted by molar-refractivity contribution is 7.86. The molecule has 1 aromatic rings. The van der Waals surface area contributed by atoms with Gasteiger partial charge >= 0.3 is 0 Å². The van der Waals surface area contributed by atoms with Crippen LogP contribution in [0.5, 0.6) is 0 Å². The van der Waals surface area contributed by atoms with Crippen molar-refractivity contribution >= 4 is 10.2 Å². The molecule has 0 spiro atoms. The minimum Gasteiger partial charge on any atom is -0.238 e. The molecule has 2 heterocycles. The van der Waals surface area contributed by atoms with E-state index in [4.69, 9.17) is 0 Å². The lowest BCUT2D eigenvalue weighted by Gasteiger charge is -2.25. The minimum atomic E-state index is -3.35. The molecule has 1 atom stereocenters. The fraction of sp³-hybridized carbons (Fsp3) is 0.714. The normalized spacial score (nSPS) is 20.3. The first kappa shape index (κ1) is 16.3. The fourth-order valence-corrected chi connectivity index (χ4v) is 4.48. The topological polar surface area (TPSA) is 66.4 Å². The van der Waals surface area contributed by atoms with Crippen LogP contribution in [0.25, 0.3) is 0 Å². The van der Waals surface area contributed by atoms with Crippen LogP contribution < -0.4 is 0 Å². The van der Waals surface area contributed by atoms with Gasteiger partial charge in [0, 0.05) is 43.5 Å². The molecule has 0 N–H and O–H groups in total. The van der Waals surface area contributed by atoms with E-state index in [1.54, 1.807) is 4.31 Å². The smallest absolute Gasteiger partial charge is 0.238 e. The van der Waals surface area contributed by atoms with Gasteiger partial charge in [-0.05, 0) is 26.3 Å². The van der Waals surface area contributed by atoms with Gasteiger partial charge in [-0.1, -0.05) is 13.8 Å². The summed E-state index contributed by atoms with van der Waals surface area (Å²) in [7, 11) is -3.35. The molecule has 118 valence electrons. The monoisotopic (exact) mass is 312 g/mol. The minimum absolute atomic E-state index is 0.0916. The van der Waals surface area contributed by atoms with Gasteiger partial charge in [0.15, 0.2) is 0 Å². The van der Waals surface area contributed by atoms with Gasteiger partial charge in [-0.2, -0.15) is 17.0 Å². The lowest BCUT2D eigenvalue weighted by molar-refractivity contribution is 0.377. The molecule has 0 aliphatic carbocycles. The summed E-state index contributed by atoms with van der Waals surface area (Å²) >= 11 is 0. The van der Waals surface area contributed by atoms with E-state index in [1.165, 1.54) is 4.31 Å². The van der Waals surface area contributed by atoms with Crippen molar-refractivity contribution in [1.29, 1.82) is 0 Å². The summed E-state index contributed by atoms with van der Waals surface area (Å²) in [6, 6.07) is 1.93. The summed E-state index contributed by atoms with van der Waals surface area (Å²) in [5.41, 5.74) is 1.87. The molecular formula is C14H24N4O2S. The Morgan fingerprint density at radius 1 is 1.24 bits per heavy atom. The van der Waals surface area contributed by atoms with Crippen molar-refractivity contribution < 1.29 is 8.42 Å². The molecule has 0 bridgehead atoms. The summed E-state index contributed by atoms with van der Waals surface area (Å²) in [4.78, 5) is 8.94. The Balaban J connectivity index is 2.17. The Kier molecular flexibility index (Phi) is 4.95. The van der Waals surface area contributed by atoms with Crippen molar-refractivity contribution in [2.24, 2.45) is 0 Å². The number of hydrogen-bond donors (Lipinski definition) is 0. The molecule has 0 aromatic carbocycles. The molecule has 1 saturated heterocycles. The van der Waals surface area contributed by atoms with E-state index in [9.17, 15) is 8.42 Å². The van der Waals surface area contributed by atoms with E-state index >= 15 is 0 Å². The van der Waals surface area contributed by atoms with Gasteiger partial charge < -0.3 is 0 Å². The average Bonchev–Trinajstić information content (AvgIpc) is 2.89. The number of aryl methyl sites for hydroxylation is 2. The average molecular weight is 312 g/mol. The fourth-order valence-electron chi connectivity index (χ4n) is 2.80. The summed E-state index contributed by atoms with van der Waals surface area (Å²) in [6.45, 7) is 9.63. The molecule has 1 aliphatic rings. The molecule has 0 amide bonds. The number of hydrogen-bond acceptors (Lipinski definition) is 4. The summed E-state index contributed by atoms with van der Waals surface area (Å²) in [6.07, 6.45) is 0.781. The van der Waals surface area contributed by atoms with E-state index in [1.807, 2.05) is 33.8 Å². The van der Waals surface area contributed by atoms with Gasteiger partial charge in [0.25, 0.3) is 10.2 Å². The molecule has 0 saturated carbocycles. The molecule has 1 aliphatic heterocycles. The number of rotatable bonds is 5. The second-order valence-electron chi connectivity index (χ2n) is 5.44. The molecule has 0 unspecified atom stereocenters. The van der Waals surface area contributed by atoms with Crippen LogP contribution in [0.2, 0.25) is 0 Å². The first-order valence-electron chi connectivity index (χ1n) is 7.45. The van der Waals surface area contributed by atoms with Crippen molar-refractivity contribution in [3.8, 4) is 0 Å². The van der Waals surface area contributed by atoms with Crippen LogP contribution in [-0.4, -0.2) is 53.2 Å². The highest BCUT2D eigenvalue weighted by atomic mass is 32.2. The largest absolute Gasteiger partial charge is 0.281 e. The van der Waals surface area contributed by atoms with Crippen molar-refractivity contribution in [3.05, 3.63) is 23.3 Å². The molecule has 21 heavy (non-hydrogen) atoms. The zero-order valence-electron chi connectivity index (χ0n) is 13.2. The van der Waals surface area contributed by atoms with E-state index < -0.39 is 10.2 Å². The van der Waals surface area contributed by atoms with Gasteiger partial charge in [0.2, 0.25) is 0 Å². The quantitative estimate of drug-likeness (QED) is 0.826. The van der Waals surface area contributed by atoms with Gasteiger partial charge in [-0.15, -0.1) is 0 Å². The molecule has 0 radical (unpaired) electrons. The second kappa shape index (κ2) is 6.37. The number of nitrogens with zero attached hydrogens (tertiary/aromatic N) is 4. The predicted molar refractivity (Wildman–Crippen MR) is 82.3 cm³/mol. The van der Waals surface area contributed by atoms with E-state index in [2.05, 4.69) is 9.97 Å². The van der Waals surface area contributed by atoms with Gasteiger partial charge in [0.1, 0.15) is 5.82 Å². The lowest BCUT2D eigenvalue weighted by atomic mass is 10.1. The van der Waals surface area contributed by atoms with Crippen LogP contribution in [0, 0.1) is 13.8 Å². The van der Waals surface area contributed by atoms with Crippen LogP contribution in [0.3, 0.4) is 0 Å².